The highest BCUT2D eigenvalue weighted by molar-refractivity contribution is 5.85. The van der Waals surface area contributed by atoms with Crippen molar-refractivity contribution in [1.29, 1.82) is 0 Å². The first-order valence-corrected chi connectivity index (χ1v) is 4.12. The van der Waals surface area contributed by atoms with Gasteiger partial charge in [-0.1, -0.05) is 6.08 Å². The lowest BCUT2D eigenvalue weighted by Gasteiger charge is -1.84. The van der Waals surface area contributed by atoms with Gasteiger partial charge in [0.25, 0.3) is 0 Å². The number of rotatable bonds is 1. The van der Waals surface area contributed by atoms with Crippen molar-refractivity contribution in [2.75, 3.05) is 13.2 Å². The second kappa shape index (κ2) is 6.85. The molecule has 1 N–H and O–H groups in total. The molecular formula is C9H16O3. The Morgan fingerprint density at radius 3 is 2.00 bits per heavy atom. The summed E-state index contributed by atoms with van der Waals surface area (Å²) in [5.41, 5.74) is 0.389. The molecule has 0 aromatic heterocycles. The third-order valence-corrected chi connectivity index (χ3v) is 1.60. The molecule has 1 fully saturated rings. The van der Waals surface area contributed by atoms with Crippen molar-refractivity contribution in [2.45, 2.75) is 26.7 Å². The summed E-state index contributed by atoms with van der Waals surface area (Å²) in [4.78, 5) is 9.86. The van der Waals surface area contributed by atoms with Gasteiger partial charge in [0.15, 0.2) is 0 Å². The Bertz CT molecular complexity index is 150. The number of carboxylic acid groups (broad SMARTS) is 1. The molecule has 0 radical (unpaired) electrons. The fourth-order valence-electron chi connectivity index (χ4n) is 0.634. The van der Waals surface area contributed by atoms with Crippen molar-refractivity contribution in [1.82, 2.24) is 0 Å². The lowest BCUT2D eigenvalue weighted by atomic mass is 10.3. The van der Waals surface area contributed by atoms with Crippen LogP contribution in [0.15, 0.2) is 11.6 Å². The van der Waals surface area contributed by atoms with E-state index in [1.165, 1.54) is 12.8 Å². The molecule has 1 heterocycles. The summed E-state index contributed by atoms with van der Waals surface area (Å²) in [6.07, 6.45) is 4.11. The van der Waals surface area contributed by atoms with Crippen LogP contribution in [0.5, 0.6) is 0 Å². The third kappa shape index (κ3) is 5.92. The predicted octanol–water partition coefficient (Wildman–Crippen LogP) is 1.83. The van der Waals surface area contributed by atoms with E-state index in [-0.39, 0.29) is 0 Å². The van der Waals surface area contributed by atoms with E-state index in [0.29, 0.717) is 5.57 Å². The molecule has 1 saturated heterocycles. The second-order valence-corrected chi connectivity index (χ2v) is 2.60. The van der Waals surface area contributed by atoms with E-state index in [1.54, 1.807) is 19.9 Å². The van der Waals surface area contributed by atoms with Gasteiger partial charge in [0.05, 0.1) is 0 Å². The molecule has 0 saturated carbocycles. The summed E-state index contributed by atoms with van der Waals surface area (Å²) in [6.45, 7) is 5.26. The van der Waals surface area contributed by atoms with Crippen LogP contribution in [0.1, 0.15) is 26.7 Å². The zero-order valence-corrected chi connectivity index (χ0v) is 7.67. The molecule has 0 aromatic carbocycles. The molecule has 3 nitrogen and oxygen atoms in total. The van der Waals surface area contributed by atoms with Crippen molar-refractivity contribution in [3.63, 3.8) is 0 Å². The maximum atomic E-state index is 9.86. The lowest BCUT2D eigenvalue weighted by molar-refractivity contribution is -0.132. The maximum absolute atomic E-state index is 9.86. The average Bonchev–Trinajstić information content (AvgIpc) is 2.59. The number of ether oxygens (including phenoxy) is 1. The first-order valence-electron chi connectivity index (χ1n) is 4.12. The standard InChI is InChI=1S/C5H8O2.C4H8O/c1-3-4(2)5(6)7;1-2-4-5-3-1/h3H,1-2H3,(H,6,7);1-4H2. The van der Waals surface area contributed by atoms with Crippen molar-refractivity contribution < 1.29 is 14.6 Å². The van der Waals surface area contributed by atoms with Crippen molar-refractivity contribution in [3.8, 4) is 0 Å². The quantitative estimate of drug-likeness (QED) is 0.614. The monoisotopic (exact) mass is 172 g/mol. The third-order valence-electron chi connectivity index (χ3n) is 1.60. The largest absolute Gasteiger partial charge is 0.478 e. The molecule has 0 amide bonds. The Morgan fingerprint density at radius 2 is 1.92 bits per heavy atom. The van der Waals surface area contributed by atoms with Gasteiger partial charge in [-0.2, -0.15) is 0 Å². The van der Waals surface area contributed by atoms with E-state index >= 15 is 0 Å². The SMILES string of the molecule is C1CCOC1.CC=C(C)C(=O)O. The van der Waals surface area contributed by atoms with Crippen LogP contribution in [0, 0.1) is 0 Å². The highest BCUT2D eigenvalue weighted by Gasteiger charge is 1.94. The molecule has 1 rings (SSSR count). The van der Waals surface area contributed by atoms with Gasteiger partial charge in [-0.05, 0) is 26.7 Å². The Kier molecular flexibility index (Phi) is 6.38. The molecule has 0 aromatic rings. The molecule has 1 aliphatic rings. The number of allylic oxidation sites excluding steroid dienone is 1. The number of carboxylic acids is 1. The lowest BCUT2D eigenvalue weighted by Crippen LogP contribution is -1.93. The van der Waals surface area contributed by atoms with Crippen molar-refractivity contribution >= 4 is 5.97 Å². The van der Waals surface area contributed by atoms with Gasteiger partial charge >= 0.3 is 5.97 Å². The molecule has 0 atom stereocenters. The summed E-state index contributed by atoms with van der Waals surface area (Å²) in [5, 5.41) is 8.11. The van der Waals surface area contributed by atoms with Crippen LogP contribution in [0.2, 0.25) is 0 Å². The Balaban J connectivity index is 0.000000211. The minimum Gasteiger partial charge on any atom is -0.478 e. The number of carbonyl (C=O) groups is 1. The minimum absolute atomic E-state index is 0.389. The van der Waals surface area contributed by atoms with Crippen LogP contribution in [0.3, 0.4) is 0 Å². The Labute approximate surface area is 73.0 Å². The second-order valence-electron chi connectivity index (χ2n) is 2.60. The van der Waals surface area contributed by atoms with Crippen LogP contribution in [-0.2, 0) is 9.53 Å². The predicted molar refractivity (Wildman–Crippen MR) is 47.1 cm³/mol. The molecule has 0 spiro atoms. The fraction of sp³-hybridized carbons (Fsp3) is 0.667. The summed E-state index contributed by atoms with van der Waals surface area (Å²) in [5.74, 6) is -0.845. The van der Waals surface area contributed by atoms with E-state index in [1.807, 2.05) is 0 Å². The zero-order chi connectivity index (χ0) is 9.40. The summed E-state index contributed by atoms with van der Waals surface area (Å²) >= 11 is 0. The highest BCUT2D eigenvalue weighted by Crippen LogP contribution is 1.98. The van der Waals surface area contributed by atoms with Crippen LogP contribution in [-0.4, -0.2) is 24.3 Å². The van der Waals surface area contributed by atoms with Gasteiger partial charge in [0.2, 0.25) is 0 Å². The van der Waals surface area contributed by atoms with Gasteiger partial charge < -0.3 is 9.84 Å². The van der Waals surface area contributed by atoms with Gasteiger partial charge in [0.1, 0.15) is 0 Å². The van der Waals surface area contributed by atoms with Gasteiger partial charge in [-0.15, -0.1) is 0 Å². The van der Waals surface area contributed by atoms with Gasteiger partial charge in [-0.25, -0.2) is 4.79 Å². The fourth-order valence-corrected chi connectivity index (χ4v) is 0.634. The molecule has 70 valence electrons. The molecule has 3 heteroatoms. The minimum atomic E-state index is -0.845. The highest BCUT2D eigenvalue weighted by atomic mass is 16.5. The zero-order valence-electron chi connectivity index (χ0n) is 7.67. The molecular weight excluding hydrogens is 156 g/mol. The first kappa shape index (κ1) is 11.2. The average molecular weight is 172 g/mol. The van der Waals surface area contributed by atoms with E-state index in [9.17, 15) is 4.79 Å². The van der Waals surface area contributed by atoms with Crippen LogP contribution in [0.25, 0.3) is 0 Å². The van der Waals surface area contributed by atoms with Crippen LogP contribution < -0.4 is 0 Å². The molecule has 0 aliphatic carbocycles. The van der Waals surface area contributed by atoms with E-state index in [0.717, 1.165) is 13.2 Å². The smallest absolute Gasteiger partial charge is 0.330 e. The number of hydrogen-bond donors (Lipinski definition) is 1. The van der Waals surface area contributed by atoms with Gasteiger partial charge in [-0.3, -0.25) is 0 Å². The molecule has 1 aliphatic heterocycles. The first-order chi connectivity index (χ1) is 5.68. The maximum Gasteiger partial charge on any atom is 0.330 e. The van der Waals surface area contributed by atoms with Crippen LogP contribution in [0.4, 0.5) is 0 Å². The number of hydrogen-bond acceptors (Lipinski definition) is 2. The van der Waals surface area contributed by atoms with Crippen molar-refractivity contribution in [3.05, 3.63) is 11.6 Å². The molecule has 0 unspecified atom stereocenters. The summed E-state index contributed by atoms with van der Waals surface area (Å²) < 4.78 is 4.94. The molecule has 12 heavy (non-hydrogen) atoms. The van der Waals surface area contributed by atoms with E-state index in [4.69, 9.17) is 9.84 Å². The summed E-state index contributed by atoms with van der Waals surface area (Å²) in [7, 11) is 0. The van der Waals surface area contributed by atoms with Crippen molar-refractivity contribution in [2.24, 2.45) is 0 Å². The Hall–Kier alpha value is -0.830. The Morgan fingerprint density at radius 1 is 1.42 bits per heavy atom. The van der Waals surface area contributed by atoms with E-state index in [2.05, 4.69) is 0 Å². The summed E-state index contributed by atoms with van der Waals surface area (Å²) in [6, 6.07) is 0. The van der Waals surface area contributed by atoms with Crippen LogP contribution >= 0.6 is 0 Å². The topological polar surface area (TPSA) is 46.5 Å². The van der Waals surface area contributed by atoms with Gasteiger partial charge in [0, 0.05) is 18.8 Å². The normalized spacial score (nSPS) is 16.7. The van der Waals surface area contributed by atoms with E-state index < -0.39 is 5.97 Å². The number of aliphatic carboxylic acids is 1. The molecule has 0 bridgehead atoms.